The fraction of sp³-hybridized carbons (Fsp3) is 0.491. The van der Waals surface area contributed by atoms with Gasteiger partial charge in [0, 0.05) is 91.7 Å². The van der Waals surface area contributed by atoms with E-state index in [2.05, 4.69) is 21.3 Å². The van der Waals surface area contributed by atoms with Gasteiger partial charge in [-0.15, -0.1) is 0 Å². The summed E-state index contributed by atoms with van der Waals surface area (Å²) in [5, 5.41) is 33.3. The smallest absolute Gasteiger partial charge is 0.343 e. The lowest BCUT2D eigenvalue weighted by Crippen LogP contribution is -2.44. The number of carboxylic acid groups (broad SMARTS) is 1. The number of aromatic nitrogens is 2. The molecule has 8 rings (SSSR count). The van der Waals surface area contributed by atoms with E-state index in [1.54, 1.807) is 31.4 Å². The molecule has 2 aromatic carbocycles. The number of carbonyl (C=O) groups excluding carboxylic acids is 8. The lowest BCUT2D eigenvalue weighted by Gasteiger charge is -2.32. The Morgan fingerprint density at radius 2 is 1.69 bits per heavy atom. The second-order valence-corrected chi connectivity index (χ2v) is 21.1. The van der Waals surface area contributed by atoms with Gasteiger partial charge in [0.1, 0.15) is 12.4 Å². The van der Waals surface area contributed by atoms with Crippen molar-refractivity contribution < 1.29 is 62.5 Å². The van der Waals surface area contributed by atoms with Crippen molar-refractivity contribution in [2.75, 3.05) is 19.6 Å². The SMILES string of the molecule is CC[C@@]1(O)C(=O)OCc2c1cc1n(c2=O)Cc2c-1nc1cc(F)c(C)c3c1c2[C@@H](NC(C)CNC(=O)[C@@H](CC(=O)CNC(=O)CCC(=O)[C@H](CC(=O)O)NC(=O)CCCCCN1C(=O)CC(C)C1=O)Cc1ccccc1)CC3. The van der Waals surface area contributed by atoms with Crippen LogP contribution in [0.5, 0.6) is 0 Å². The predicted molar refractivity (Wildman–Crippen MR) is 280 cm³/mol. The first-order valence-corrected chi connectivity index (χ1v) is 26.7. The molecule has 6 N–H and O–H groups in total. The number of esters is 1. The Morgan fingerprint density at radius 1 is 0.936 bits per heavy atom. The number of rotatable bonds is 25. The molecule has 4 aliphatic rings. The second-order valence-electron chi connectivity index (χ2n) is 21.1. The molecule has 6 atom stereocenters. The molecule has 5 heterocycles. The molecule has 1 aliphatic carbocycles. The zero-order chi connectivity index (χ0) is 56.2. The van der Waals surface area contributed by atoms with Gasteiger partial charge in [-0.05, 0) is 80.7 Å². The van der Waals surface area contributed by atoms with E-state index in [1.807, 2.05) is 37.3 Å². The summed E-state index contributed by atoms with van der Waals surface area (Å²) in [7, 11) is 0. The summed E-state index contributed by atoms with van der Waals surface area (Å²) in [5.41, 5.74) is 2.79. The highest BCUT2D eigenvalue weighted by Gasteiger charge is 2.46. The number of imide groups is 1. The zero-order valence-electron chi connectivity index (χ0n) is 44.3. The Balaban J connectivity index is 0.869. The van der Waals surface area contributed by atoms with Gasteiger partial charge >= 0.3 is 11.9 Å². The van der Waals surface area contributed by atoms with Crippen molar-refractivity contribution in [2.24, 2.45) is 11.8 Å². The van der Waals surface area contributed by atoms with E-state index in [1.165, 1.54) is 11.0 Å². The number of Topliss-reactive ketones (excluding diaryl/α,β-unsaturated/α-hetero) is 2. The number of benzene rings is 2. The number of pyridine rings is 2. The number of hydrogen-bond donors (Lipinski definition) is 6. The molecule has 3 aliphatic heterocycles. The van der Waals surface area contributed by atoms with E-state index in [0.717, 1.165) is 27.6 Å². The van der Waals surface area contributed by atoms with Crippen LogP contribution in [0.1, 0.15) is 136 Å². The number of ether oxygens (including phenoxy) is 1. The number of aryl methyl sites for hydroxylation is 1. The number of hydrogen-bond acceptors (Lipinski definition) is 14. The Hall–Kier alpha value is -7.52. The van der Waals surface area contributed by atoms with Crippen molar-refractivity contribution in [3.05, 3.63) is 97.6 Å². The highest BCUT2D eigenvalue weighted by molar-refractivity contribution is 6.03. The van der Waals surface area contributed by atoms with Gasteiger partial charge in [-0.25, -0.2) is 14.2 Å². The average molecular weight is 1080 g/mol. The number of nitrogens with one attached hydrogen (secondary N) is 4. The highest BCUT2D eigenvalue weighted by atomic mass is 19.1. The molecule has 4 aromatic rings. The Labute approximate surface area is 449 Å². The van der Waals surface area contributed by atoms with Crippen LogP contribution in [0.15, 0.2) is 47.3 Å². The Kier molecular flexibility index (Phi) is 17.5. The first-order valence-electron chi connectivity index (χ1n) is 26.7. The largest absolute Gasteiger partial charge is 0.481 e. The number of aliphatic hydroxyl groups is 1. The maximum Gasteiger partial charge on any atom is 0.343 e. The Morgan fingerprint density at radius 3 is 2.40 bits per heavy atom. The van der Waals surface area contributed by atoms with Crippen molar-refractivity contribution in [1.82, 2.24) is 35.7 Å². The van der Waals surface area contributed by atoms with Crippen molar-refractivity contribution >= 4 is 63.9 Å². The molecular formula is C57H66FN7O13. The standard InChI is InChI=1S/C57H66FN7O13/c1-5-57(77)39-23-44-52-37(28-65(44)55(75)38(39)29-78-56(57)76)51-41(16-15-36-32(4)40(58)24-43(63-52)50(36)51)61-31(3)26-60-53(73)34(21-33-12-8-6-9-13-33)22-35(66)27-59-46(68)18-17-45(67)42(25-49(71)72)62-47(69)14-10-7-11-19-64-48(70)20-30(2)54(64)74/h6,8-9,12-13,23-24,30-31,34,41-42,61,77H,5,7,10-11,14-22,25-29H2,1-4H3,(H,59,68)(H,60,73)(H,62,69)(H,71,72)/t30?,31?,34-,41+,42+,57+/m1/s1. The van der Waals surface area contributed by atoms with Crippen molar-refractivity contribution in [2.45, 2.75) is 148 Å². The van der Waals surface area contributed by atoms with Crippen molar-refractivity contribution in [3.8, 4) is 11.4 Å². The summed E-state index contributed by atoms with van der Waals surface area (Å²) in [6, 6.07) is 10.0. The van der Waals surface area contributed by atoms with Gasteiger partial charge < -0.3 is 40.8 Å². The van der Waals surface area contributed by atoms with Crippen LogP contribution in [0.2, 0.25) is 0 Å². The minimum Gasteiger partial charge on any atom is -0.481 e. The third-order valence-corrected chi connectivity index (χ3v) is 15.6. The minimum absolute atomic E-state index is 0.0282. The van der Waals surface area contributed by atoms with Crippen LogP contribution < -0.4 is 26.8 Å². The van der Waals surface area contributed by atoms with Gasteiger partial charge in [-0.2, -0.15) is 0 Å². The molecule has 414 valence electrons. The third kappa shape index (κ3) is 12.1. The summed E-state index contributed by atoms with van der Waals surface area (Å²) >= 11 is 0. The van der Waals surface area contributed by atoms with Crippen LogP contribution in [0.25, 0.3) is 22.3 Å². The molecule has 0 spiro atoms. The number of carboxylic acids is 1. The molecule has 0 saturated carbocycles. The van der Waals surface area contributed by atoms with Crippen LogP contribution in [-0.4, -0.2) is 109 Å². The van der Waals surface area contributed by atoms with Crippen LogP contribution in [0.4, 0.5) is 4.39 Å². The number of amides is 5. The average Bonchev–Trinajstić information content (AvgIpc) is 4.13. The Bertz CT molecular complexity index is 3160. The lowest BCUT2D eigenvalue weighted by atomic mass is 9.81. The number of likely N-dealkylation sites (tertiary alicyclic amines) is 1. The molecule has 2 unspecified atom stereocenters. The van der Waals surface area contributed by atoms with E-state index in [9.17, 15) is 58.2 Å². The fourth-order valence-electron chi connectivity index (χ4n) is 11.2. The molecule has 78 heavy (non-hydrogen) atoms. The normalized spacial score (nSPS) is 19.3. The van der Waals surface area contributed by atoms with Crippen LogP contribution in [0.3, 0.4) is 0 Å². The summed E-state index contributed by atoms with van der Waals surface area (Å²) in [6.07, 6.45) is 0.982. The predicted octanol–water partition coefficient (Wildman–Crippen LogP) is 3.81. The molecule has 1 fully saturated rings. The second kappa shape index (κ2) is 24.0. The van der Waals surface area contributed by atoms with Crippen LogP contribution in [0, 0.1) is 24.6 Å². The molecule has 20 nitrogen and oxygen atoms in total. The number of ketones is 2. The maximum atomic E-state index is 15.5. The molecule has 2 aromatic heterocycles. The molecule has 0 radical (unpaired) electrons. The van der Waals surface area contributed by atoms with E-state index in [-0.39, 0.29) is 99.3 Å². The molecule has 0 bridgehead atoms. The number of halogens is 1. The quantitative estimate of drug-likeness (QED) is 0.0275. The van der Waals surface area contributed by atoms with E-state index >= 15 is 4.39 Å². The van der Waals surface area contributed by atoms with E-state index < -0.39 is 96.0 Å². The van der Waals surface area contributed by atoms with Crippen molar-refractivity contribution in [3.63, 3.8) is 0 Å². The van der Waals surface area contributed by atoms with E-state index in [0.29, 0.717) is 54.6 Å². The van der Waals surface area contributed by atoms with Gasteiger partial charge in [0.2, 0.25) is 29.5 Å². The van der Waals surface area contributed by atoms with Crippen LogP contribution in [-0.2, 0) is 79.5 Å². The molecule has 1 saturated heterocycles. The summed E-state index contributed by atoms with van der Waals surface area (Å²) in [4.78, 5) is 135. The molecule has 21 heteroatoms. The third-order valence-electron chi connectivity index (χ3n) is 15.6. The summed E-state index contributed by atoms with van der Waals surface area (Å²) < 4.78 is 22.3. The summed E-state index contributed by atoms with van der Waals surface area (Å²) in [5.74, 6) is -7.03. The van der Waals surface area contributed by atoms with Crippen LogP contribution >= 0.6 is 0 Å². The van der Waals surface area contributed by atoms with Gasteiger partial charge in [0.05, 0.1) is 48.0 Å². The number of unbranched alkanes of at least 4 members (excludes halogenated alkanes) is 2. The first kappa shape index (κ1) is 56.7. The minimum atomic E-state index is -2.03. The fourth-order valence-corrected chi connectivity index (χ4v) is 11.2. The molecule has 5 amide bonds. The lowest BCUT2D eigenvalue weighted by molar-refractivity contribution is -0.172. The number of nitrogens with zero attached hydrogens (tertiary/aromatic N) is 3. The van der Waals surface area contributed by atoms with Gasteiger partial charge in [-0.1, -0.05) is 50.6 Å². The van der Waals surface area contributed by atoms with Gasteiger partial charge in [0.15, 0.2) is 17.2 Å². The first-order chi connectivity index (χ1) is 37.2. The number of carbonyl (C=O) groups is 9. The number of cyclic esters (lactones) is 1. The highest BCUT2D eigenvalue weighted by Crippen LogP contribution is 2.46. The summed E-state index contributed by atoms with van der Waals surface area (Å²) in [6.45, 7) is 6.71. The number of aliphatic carboxylic acids is 1. The van der Waals surface area contributed by atoms with E-state index in [4.69, 9.17) is 9.72 Å². The number of fused-ring (bicyclic) bond motifs is 5. The zero-order valence-corrected chi connectivity index (χ0v) is 44.3. The molecular weight excluding hydrogens is 1010 g/mol. The topological polar surface area (TPSA) is 290 Å². The maximum absolute atomic E-state index is 15.5. The monoisotopic (exact) mass is 1080 g/mol. The van der Waals surface area contributed by atoms with Gasteiger partial charge in [-0.3, -0.25) is 48.1 Å². The van der Waals surface area contributed by atoms with Gasteiger partial charge in [0.25, 0.3) is 5.56 Å². The van der Waals surface area contributed by atoms with Crippen molar-refractivity contribution in [1.29, 1.82) is 0 Å².